The lowest BCUT2D eigenvalue weighted by atomic mass is 9.85. The first kappa shape index (κ1) is 18.7. The number of nitrogen functional groups attached to an aromatic ring is 1. The predicted octanol–water partition coefficient (Wildman–Crippen LogP) is 2.96. The molecule has 1 aliphatic heterocycles. The topological polar surface area (TPSA) is 121 Å². The average molecular weight is 434 g/mol. The lowest BCUT2D eigenvalue weighted by Gasteiger charge is -2.28. The van der Waals surface area contributed by atoms with Crippen molar-refractivity contribution in [3.63, 3.8) is 0 Å². The van der Waals surface area contributed by atoms with Gasteiger partial charge in [-0.25, -0.2) is 9.97 Å². The first-order valence-corrected chi connectivity index (χ1v) is 10.8. The van der Waals surface area contributed by atoms with Crippen LogP contribution in [0.4, 0.5) is 10.9 Å². The number of thiazole rings is 1. The number of nitrogens with two attached hydrogens (primary N) is 1. The maximum atomic E-state index is 12.7. The average Bonchev–Trinajstić information content (AvgIpc) is 3.31. The summed E-state index contributed by atoms with van der Waals surface area (Å²) >= 11 is 7.47. The first-order valence-electron chi connectivity index (χ1n) is 9.61. The summed E-state index contributed by atoms with van der Waals surface area (Å²) in [7, 11) is 0. The van der Waals surface area contributed by atoms with Gasteiger partial charge in [-0.2, -0.15) is 9.97 Å². The highest BCUT2D eigenvalue weighted by Gasteiger charge is 2.29. The smallest absolute Gasteiger partial charge is 0.229 e. The Morgan fingerprint density at radius 1 is 1.28 bits per heavy atom. The largest absolute Gasteiger partial charge is 0.382 e. The minimum Gasteiger partial charge on any atom is -0.382 e. The van der Waals surface area contributed by atoms with Gasteiger partial charge < -0.3 is 20.4 Å². The maximum absolute atomic E-state index is 12.7. The van der Waals surface area contributed by atoms with Crippen LogP contribution < -0.4 is 11.1 Å². The Bertz CT molecular complexity index is 1050. The highest BCUT2D eigenvalue weighted by molar-refractivity contribution is 7.15. The van der Waals surface area contributed by atoms with Crippen molar-refractivity contribution >= 4 is 51.0 Å². The number of hydrogen-bond donors (Lipinski definition) is 2. The molecule has 3 N–H and O–H groups in total. The summed E-state index contributed by atoms with van der Waals surface area (Å²) < 4.78 is 7.45. The minimum absolute atomic E-state index is 0.0264. The maximum Gasteiger partial charge on any atom is 0.229 e. The molecular weight excluding hydrogens is 414 g/mol. The van der Waals surface area contributed by atoms with E-state index >= 15 is 0 Å². The standard InChI is InChI=1S/C18H20ClN7O2S/c19-17-23-14(20)13-15(24-17)26(8-21-13)10-3-1-9(2-4-10)16(27)25-18-22-11-5-6-28-7-12(11)29-18/h8-10H,1-7H2,(H2,20,23,24)(H,22,25,27)/t9-,10+. The van der Waals surface area contributed by atoms with E-state index in [1.54, 1.807) is 6.33 Å². The molecule has 9 nitrogen and oxygen atoms in total. The van der Waals surface area contributed by atoms with Crippen molar-refractivity contribution in [2.75, 3.05) is 17.7 Å². The van der Waals surface area contributed by atoms with E-state index in [4.69, 9.17) is 22.1 Å². The molecule has 11 heteroatoms. The molecule has 152 valence electrons. The molecule has 2 aliphatic rings. The Kier molecular flexibility index (Phi) is 4.84. The lowest BCUT2D eigenvalue weighted by molar-refractivity contribution is -0.120. The second kappa shape index (κ2) is 7.51. The molecule has 3 aromatic heterocycles. The number of rotatable bonds is 3. The summed E-state index contributed by atoms with van der Waals surface area (Å²) in [6.07, 6.45) is 5.83. The number of nitrogens with zero attached hydrogens (tertiary/aromatic N) is 5. The number of anilines is 2. The van der Waals surface area contributed by atoms with Crippen molar-refractivity contribution in [3.05, 3.63) is 22.2 Å². The second-order valence-electron chi connectivity index (χ2n) is 7.39. The summed E-state index contributed by atoms with van der Waals surface area (Å²) in [5.41, 5.74) is 8.15. The number of amides is 1. The number of nitrogens with one attached hydrogen (secondary N) is 1. The zero-order valence-electron chi connectivity index (χ0n) is 15.6. The van der Waals surface area contributed by atoms with Crippen molar-refractivity contribution in [2.45, 2.75) is 44.8 Å². The van der Waals surface area contributed by atoms with Gasteiger partial charge in [0.25, 0.3) is 0 Å². The van der Waals surface area contributed by atoms with E-state index < -0.39 is 0 Å². The van der Waals surface area contributed by atoms with Crippen LogP contribution in [0.1, 0.15) is 42.3 Å². The molecule has 0 saturated heterocycles. The number of aromatic nitrogens is 5. The lowest BCUT2D eigenvalue weighted by Crippen LogP contribution is -2.28. The van der Waals surface area contributed by atoms with Crippen LogP contribution in [-0.4, -0.2) is 37.0 Å². The number of halogens is 1. The van der Waals surface area contributed by atoms with Crippen molar-refractivity contribution < 1.29 is 9.53 Å². The Morgan fingerprint density at radius 3 is 2.90 bits per heavy atom. The molecule has 0 unspecified atom stereocenters. The van der Waals surface area contributed by atoms with E-state index in [0.29, 0.717) is 29.5 Å². The molecular formula is C18H20ClN7O2S. The van der Waals surface area contributed by atoms with Crippen molar-refractivity contribution in [3.8, 4) is 0 Å². The van der Waals surface area contributed by atoms with Crippen LogP contribution in [0, 0.1) is 5.92 Å². The normalized spacial score (nSPS) is 21.8. The molecule has 0 aromatic carbocycles. The van der Waals surface area contributed by atoms with Gasteiger partial charge >= 0.3 is 0 Å². The Morgan fingerprint density at radius 2 is 2.10 bits per heavy atom. The summed E-state index contributed by atoms with van der Waals surface area (Å²) in [4.78, 5) is 31.0. The van der Waals surface area contributed by atoms with Crippen LogP contribution in [0.15, 0.2) is 6.33 Å². The fraction of sp³-hybridized carbons (Fsp3) is 0.500. The Hall–Kier alpha value is -2.30. The van der Waals surface area contributed by atoms with Gasteiger partial charge in [-0.05, 0) is 37.3 Å². The van der Waals surface area contributed by atoms with Crippen molar-refractivity contribution in [1.29, 1.82) is 0 Å². The molecule has 0 radical (unpaired) electrons. The van der Waals surface area contributed by atoms with E-state index in [2.05, 4.69) is 25.3 Å². The van der Waals surface area contributed by atoms with Gasteiger partial charge in [0.1, 0.15) is 5.52 Å². The van der Waals surface area contributed by atoms with Crippen LogP contribution in [0.2, 0.25) is 5.28 Å². The third-order valence-corrected chi connectivity index (χ3v) is 6.76. The van der Waals surface area contributed by atoms with Gasteiger partial charge in [0.05, 0.1) is 30.1 Å². The number of imidazole rings is 1. The van der Waals surface area contributed by atoms with E-state index in [-0.39, 0.29) is 29.0 Å². The molecule has 1 aliphatic carbocycles. The van der Waals surface area contributed by atoms with Crippen LogP contribution in [0.5, 0.6) is 0 Å². The fourth-order valence-corrected chi connectivity index (χ4v) is 5.20. The second-order valence-corrected chi connectivity index (χ2v) is 8.81. The monoisotopic (exact) mass is 433 g/mol. The molecule has 29 heavy (non-hydrogen) atoms. The minimum atomic E-state index is -0.0264. The van der Waals surface area contributed by atoms with Gasteiger partial charge in [-0.1, -0.05) is 11.3 Å². The fourth-order valence-electron chi connectivity index (χ4n) is 4.08. The first-order chi connectivity index (χ1) is 14.1. The van der Waals surface area contributed by atoms with E-state index in [1.165, 1.54) is 11.3 Å². The Labute approximate surface area is 175 Å². The summed E-state index contributed by atoms with van der Waals surface area (Å²) in [5.74, 6) is 0.297. The third kappa shape index (κ3) is 3.56. The number of carbonyl (C=O) groups excluding carboxylic acids is 1. The van der Waals surface area contributed by atoms with Gasteiger partial charge in [0.15, 0.2) is 16.6 Å². The van der Waals surface area contributed by atoms with Crippen LogP contribution in [0.25, 0.3) is 11.2 Å². The predicted molar refractivity (Wildman–Crippen MR) is 110 cm³/mol. The van der Waals surface area contributed by atoms with Crippen molar-refractivity contribution in [2.24, 2.45) is 5.92 Å². The van der Waals surface area contributed by atoms with Gasteiger partial charge in [-0.3, -0.25) is 4.79 Å². The summed E-state index contributed by atoms with van der Waals surface area (Å²) in [5, 5.41) is 3.79. The number of ether oxygens (including phenoxy) is 1. The quantitative estimate of drug-likeness (QED) is 0.609. The highest BCUT2D eigenvalue weighted by Crippen LogP contribution is 2.35. The zero-order valence-corrected chi connectivity index (χ0v) is 17.2. The molecule has 4 heterocycles. The van der Waals surface area contributed by atoms with E-state index in [0.717, 1.165) is 42.7 Å². The molecule has 1 amide bonds. The molecule has 3 aromatic rings. The Balaban J connectivity index is 1.25. The zero-order chi connectivity index (χ0) is 20.0. The summed E-state index contributed by atoms with van der Waals surface area (Å²) in [6.45, 7) is 1.28. The van der Waals surface area contributed by atoms with Crippen LogP contribution >= 0.6 is 22.9 Å². The SMILES string of the molecule is Nc1nc(Cl)nc2c1ncn2[C@H]1CC[C@@H](C(=O)Nc2nc3c(s2)COCC3)CC1. The molecule has 0 spiro atoms. The van der Waals surface area contributed by atoms with E-state index in [9.17, 15) is 4.79 Å². The molecule has 1 saturated carbocycles. The third-order valence-electron chi connectivity index (χ3n) is 5.61. The number of fused-ring (bicyclic) bond motifs is 2. The van der Waals surface area contributed by atoms with E-state index in [1.807, 2.05) is 4.57 Å². The van der Waals surface area contributed by atoms with Gasteiger partial charge in [0, 0.05) is 18.4 Å². The number of hydrogen-bond acceptors (Lipinski definition) is 8. The van der Waals surface area contributed by atoms with Crippen LogP contribution in [0.3, 0.4) is 0 Å². The molecule has 0 atom stereocenters. The van der Waals surface area contributed by atoms with Crippen molar-refractivity contribution in [1.82, 2.24) is 24.5 Å². The summed E-state index contributed by atoms with van der Waals surface area (Å²) in [6, 6.07) is 0.207. The van der Waals surface area contributed by atoms with Gasteiger partial charge in [-0.15, -0.1) is 0 Å². The van der Waals surface area contributed by atoms with Gasteiger partial charge in [0.2, 0.25) is 11.2 Å². The van der Waals surface area contributed by atoms with Crippen LogP contribution in [-0.2, 0) is 22.6 Å². The molecule has 5 rings (SSSR count). The number of carbonyl (C=O) groups is 1. The molecule has 1 fully saturated rings. The molecule has 0 bridgehead atoms. The highest BCUT2D eigenvalue weighted by atomic mass is 35.5.